The van der Waals surface area contributed by atoms with Crippen molar-refractivity contribution in [1.29, 1.82) is 0 Å². The number of nitrogens with one attached hydrogen (secondary N) is 1. The van der Waals surface area contributed by atoms with Crippen molar-refractivity contribution in [2.24, 2.45) is 0 Å². The number of anilines is 1. The molecule has 4 rings (SSSR count). The number of nitrogens with zero attached hydrogens (tertiary/aromatic N) is 1. The van der Waals surface area contributed by atoms with E-state index < -0.39 is 5.63 Å². The van der Waals surface area contributed by atoms with Crippen molar-refractivity contribution >= 4 is 34.1 Å². The Bertz CT molecular complexity index is 1250. The molecule has 0 bridgehead atoms. The van der Waals surface area contributed by atoms with Crippen molar-refractivity contribution in [3.63, 3.8) is 0 Å². The summed E-state index contributed by atoms with van der Waals surface area (Å²) in [6, 6.07) is 20.7. The van der Waals surface area contributed by atoms with Gasteiger partial charge in [0.25, 0.3) is 5.91 Å². The fourth-order valence-electron chi connectivity index (χ4n) is 2.77. The fraction of sp³-hybridized carbons (Fsp3) is 0.0455. The van der Waals surface area contributed by atoms with Crippen molar-refractivity contribution in [2.45, 2.75) is 0 Å². The van der Waals surface area contributed by atoms with Crippen molar-refractivity contribution in [2.75, 3.05) is 11.9 Å². The third-order valence-electron chi connectivity index (χ3n) is 4.12. The smallest absolute Gasteiger partial charge is 0.347 e. The van der Waals surface area contributed by atoms with Crippen LogP contribution in [0.4, 0.5) is 5.69 Å². The summed E-state index contributed by atoms with van der Waals surface area (Å²) in [6.45, 7) is -0.197. The van der Waals surface area contributed by atoms with Gasteiger partial charge in [0.05, 0.1) is 15.9 Å². The van der Waals surface area contributed by atoms with Gasteiger partial charge in [-0.25, -0.2) is 9.78 Å². The second-order valence-corrected chi connectivity index (χ2v) is 6.58. The van der Waals surface area contributed by atoms with Crippen LogP contribution in [0.2, 0.25) is 5.02 Å². The Morgan fingerprint density at radius 3 is 2.69 bits per heavy atom. The molecule has 144 valence electrons. The topological polar surface area (TPSA) is 81.4 Å². The number of carbonyl (C=O) groups is 1. The molecule has 0 fully saturated rings. The third-order valence-corrected chi connectivity index (χ3v) is 4.44. The summed E-state index contributed by atoms with van der Waals surface area (Å²) < 4.78 is 10.8. The highest BCUT2D eigenvalue weighted by Crippen LogP contribution is 2.24. The van der Waals surface area contributed by atoms with Gasteiger partial charge in [0.15, 0.2) is 6.61 Å². The van der Waals surface area contributed by atoms with Gasteiger partial charge in [0.2, 0.25) is 5.89 Å². The number of ether oxygens (including phenoxy) is 1. The number of hydrogen-bond acceptors (Lipinski definition) is 5. The molecule has 4 aromatic rings. The molecular weight excluding hydrogens is 392 g/mol. The van der Waals surface area contributed by atoms with Crippen molar-refractivity contribution in [1.82, 2.24) is 4.98 Å². The van der Waals surface area contributed by atoms with E-state index in [1.165, 1.54) is 0 Å². The summed E-state index contributed by atoms with van der Waals surface area (Å²) in [6.07, 6.45) is 0. The van der Waals surface area contributed by atoms with Gasteiger partial charge < -0.3 is 14.5 Å². The molecule has 6 nitrogen and oxygen atoms in total. The molecular formula is C22H15ClN2O4. The highest BCUT2D eigenvalue weighted by molar-refractivity contribution is 6.32. The molecule has 0 radical (unpaired) electrons. The molecule has 0 saturated heterocycles. The normalized spacial score (nSPS) is 10.7. The molecule has 1 aromatic heterocycles. The van der Waals surface area contributed by atoms with Gasteiger partial charge in [-0.3, -0.25) is 4.79 Å². The van der Waals surface area contributed by atoms with Gasteiger partial charge in [0, 0.05) is 11.3 Å². The Kier molecular flexibility index (Phi) is 5.27. The minimum atomic E-state index is -0.465. The lowest BCUT2D eigenvalue weighted by Crippen LogP contribution is -2.20. The number of hydrogen-bond donors (Lipinski definition) is 1. The molecule has 0 atom stereocenters. The summed E-state index contributed by atoms with van der Waals surface area (Å²) in [4.78, 5) is 28.8. The van der Waals surface area contributed by atoms with E-state index in [0.29, 0.717) is 32.9 Å². The predicted octanol–water partition coefficient (Wildman–Crippen LogP) is 4.53. The molecule has 0 aliphatic carbocycles. The highest BCUT2D eigenvalue weighted by Gasteiger charge is 2.10. The van der Waals surface area contributed by atoms with Gasteiger partial charge in [-0.2, -0.15) is 0 Å². The van der Waals surface area contributed by atoms with Gasteiger partial charge in [-0.1, -0.05) is 41.9 Å². The van der Waals surface area contributed by atoms with Gasteiger partial charge >= 0.3 is 5.63 Å². The maximum absolute atomic E-state index is 12.2. The zero-order valence-electron chi connectivity index (χ0n) is 15.1. The number of carbonyl (C=O) groups excluding carboxylic acids is 1. The van der Waals surface area contributed by atoms with Crippen LogP contribution in [0.1, 0.15) is 0 Å². The predicted molar refractivity (Wildman–Crippen MR) is 111 cm³/mol. The van der Waals surface area contributed by atoms with Crippen LogP contribution in [0.5, 0.6) is 5.75 Å². The summed E-state index contributed by atoms with van der Waals surface area (Å²) >= 11 is 6.01. The standard InChI is InChI=1S/C22H15ClN2O4/c23-17-9-2-4-11-19(17)28-13-20(26)24-15-7-5-6-14(12-15)21-25-18-10-3-1-8-16(18)22(27)29-21/h1-12H,13H2,(H,24,26). The van der Waals surface area contributed by atoms with Crippen LogP contribution < -0.4 is 15.7 Å². The number of fused-ring (bicyclic) bond motifs is 1. The SMILES string of the molecule is O=C(COc1ccccc1Cl)Nc1cccc(-c2nc3ccccc3c(=O)o2)c1. The van der Waals surface area contributed by atoms with E-state index in [1.54, 1.807) is 72.8 Å². The molecule has 7 heteroatoms. The number of halogens is 1. The molecule has 1 amide bonds. The Balaban J connectivity index is 1.51. The largest absolute Gasteiger partial charge is 0.482 e. The average molecular weight is 407 g/mol. The zero-order chi connectivity index (χ0) is 20.2. The van der Waals surface area contributed by atoms with Gasteiger partial charge in [-0.15, -0.1) is 0 Å². The van der Waals surface area contributed by atoms with E-state index in [1.807, 2.05) is 0 Å². The quantitative estimate of drug-likeness (QED) is 0.526. The van der Waals surface area contributed by atoms with Crippen LogP contribution in [-0.2, 0) is 4.79 Å². The maximum Gasteiger partial charge on any atom is 0.347 e. The number of rotatable bonds is 5. The Morgan fingerprint density at radius 1 is 1.03 bits per heavy atom. The van der Waals surface area contributed by atoms with E-state index in [-0.39, 0.29) is 18.4 Å². The van der Waals surface area contributed by atoms with Gasteiger partial charge in [-0.05, 0) is 42.5 Å². The Morgan fingerprint density at radius 2 is 1.83 bits per heavy atom. The third kappa shape index (κ3) is 4.28. The van der Waals surface area contributed by atoms with E-state index in [4.69, 9.17) is 20.8 Å². The lowest BCUT2D eigenvalue weighted by Gasteiger charge is -2.09. The molecule has 29 heavy (non-hydrogen) atoms. The first-order chi connectivity index (χ1) is 14.1. The lowest BCUT2D eigenvalue weighted by molar-refractivity contribution is -0.118. The highest BCUT2D eigenvalue weighted by atomic mass is 35.5. The molecule has 3 aromatic carbocycles. The van der Waals surface area contributed by atoms with Crippen molar-refractivity contribution in [3.05, 3.63) is 88.2 Å². The molecule has 0 spiro atoms. The summed E-state index contributed by atoms with van der Waals surface area (Å²) in [5.41, 5.74) is 1.17. The van der Waals surface area contributed by atoms with E-state index in [0.717, 1.165) is 0 Å². The maximum atomic E-state index is 12.2. The van der Waals surface area contributed by atoms with Crippen molar-refractivity contribution in [3.8, 4) is 17.2 Å². The summed E-state index contributed by atoms with van der Waals surface area (Å²) in [7, 11) is 0. The van der Waals surface area contributed by atoms with Crippen LogP contribution in [0.15, 0.2) is 82.0 Å². The molecule has 1 heterocycles. The van der Waals surface area contributed by atoms with Crippen LogP contribution in [-0.4, -0.2) is 17.5 Å². The lowest BCUT2D eigenvalue weighted by atomic mass is 10.2. The molecule has 1 N–H and O–H groups in total. The number of amides is 1. The van der Waals surface area contributed by atoms with E-state index in [9.17, 15) is 9.59 Å². The minimum absolute atomic E-state index is 0.178. The Labute approximate surface area is 170 Å². The number of aromatic nitrogens is 1. The Hall–Kier alpha value is -3.64. The molecule has 0 aliphatic rings. The van der Waals surface area contributed by atoms with E-state index >= 15 is 0 Å². The van der Waals surface area contributed by atoms with Crippen LogP contribution in [0.3, 0.4) is 0 Å². The summed E-state index contributed by atoms with van der Waals surface area (Å²) in [5, 5.41) is 3.58. The van der Waals surface area contributed by atoms with Crippen LogP contribution in [0.25, 0.3) is 22.4 Å². The second kappa shape index (κ2) is 8.16. The van der Waals surface area contributed by atoms with Crippen molar-refractivity contribution < 1.29 is 13.9 Å². The second-order valence-electron chi connectivity index (χ2n) is 6.17. The minimum Gasteiger partial charge on any atom is -0.482 e. The molecule has 0 saturated carbocycles. The average Bonchev–Trinajstić information content (AvgIpc) is 2.73. The first-order valence-corrected chi connectivity index (χ1v) is 9.15. The molecule has 0 unspecified atom stereocenters. The molecule has 0 aliphatic heterocycles. The summed E-state index contributed by atoms with van der Waals surface area (Å²) in [5.74, 6) is 0.257. The van der Waals surface area contributed by atoms with Crippen LogP contribution in [0, 0.1) is 0 Å². The number of para-hydroxylation sites is 2. The first kappa shape index (κ1) is 18.7. The zero-order valence-corrected chi connectivity index (χ0v) is 15.8. The number of benzene rings is 3. The first-order valence-electron chi connectivity index (χ1n) is 8.78. The monoisotopic (exact) mass is 406 g/mol. The fourth-order valence-corrected chi connectivity index (χ4v) is 2.96. The van der Waals surface area contributed by atoms with Gasteiger partial charge in [0.1, 0.15) is 5.75 Å². The van der Waals surface area contributed by atoms with E-state index in [2.05, 4.69) is 10.3 Å². The van der Waals surface area contributed by atoms with Crippen LogP contribution >= 0.6 is 11.6 Å².